The Morgan fingerprint density at radius 3 is 2.60 bits per heavy atom. The second kappa shape index (κ2) is 14.1. The molecule has 6 aromatic rings. The van der Waals surface area contributed by atoms with E-state index in [9.17, 15) is 28.6 Å². The molecule has 2 aromatic carbocycles. The number of pyridine rings is 2. The molecule has 0 bridgehead atoms. The molecule has 8 rings (SSSR count). The number of aromatic nitrogens is 5. The van der Waals surface area contributed by atoms with Gasteiger partial charge in [0.2, 0.25) is 0 Å². The van der Waals surface area contributed by atoms with Gasteiger partial charge in [-0.25, -0.2) is 28.1 Å². The second-order valence-corrected chi connectivity index (χ2v) is 13.9. The Kier molecular flexibility index (Phi) is 9.16. The van der Waals surface area contributed by atoms with E-state index in [-0.39, 0.29) is 41.3 Å². The summed E-state index contributed by atoms with van der Waals surface area (Å²) in [5.74, 6) is -0.879. The lowest BCUT2D eigenvalue weighted by atomic mass is 9.91. The average molecular weight is 708 g/mol. The van der Waals surface area contributed by atoms with E-state index in [4.69, 9.17) is 0 Å². The van der Waals surface area contributed by atoms with Gasteiger partial charge >= 0.3 is 5.69 Å². The van der Waals surface area contributed by atoms with Gasteiger partial charge in [0.1, 0.15) is 23.0 Å². The van der Waals surface area contributed by atoms with Crippen molar-refractivity contribution < 1.29 is 19.0 Å². The van der Waals surface area contributed by atoms with Crippen LogP contribution in [0.1, 0.15) is 55.8 Å². The smallest absolute Gasteiger partial charge is 0.337 e. The number of aliphatic hydroxyl groups excluding tert-OH is 1. The van der Waals surface area contributed by atoms with Crippen LogP contribution >= 0.6 is 0 Å². The molecule has 0 unspecified atom stereocenters. The summed E-state index contributed by atoms with van der Waals surface area (Å²) < 4.78 is 32.5. The van der Waals surface area contributed by atoms with Crippen LogP contribution in [-0.2, 0) is 13.1 Å². The van der Waals surface area contributed by atoms with Gasteiger partial charge in [-0.2, -0.15) is 0 Å². The molecule has 0 spiro atoms. The summed E-state index contributed by atoms with van der Waals surface area (Å²) >= 11 is 0. The van der Waals surface area contributed by atoms with Gasteiger partial charge in [0.15, 0.2) is 5.65 Å². The number of fused-ring (bicyclic) bond motifs is 2. The first-order chi connectivity index (χ1) is 25.2. The number of aliphatic hydroxyl groups is 1. The molecule has 2 aliphatic rings. The molecule has 5 heterocycles. The molecule has 3 N–H and O–H groups in total. The number of nitrogens with zero attached hydrogens (tertiary/aromatic N) is 6. The summed E-state index contributed by atoms with van der Waals surface area (Å²) in [5, 5.41) is 23.8. The van der Waals surface area contributed by atoms with Gasteiger partial charge in [-0.15, -0.1) is 0 Å². The number of likely N-dealkylation sites (tertiary alicyclic amines) is 1. The molecule has 1 saturated carbocycles. The van der Waals surface area contributed by atoms with Crippen molar-refractivity contribution in [2.45, 2.75) is 69.7 Å². The number of aromatic hydroxyl groups is 1. The number of phenols is 1. The van der Waals surface area contributed by atoms with Crippen molar-refractivity contribution in [2.75, 3.05) is 13.2 Å². The van der Waals surface area contributed by atoms with Gasteiger partial charge < -0.3 is 19.9 Å². The molecular formula is C39H39F2N7O4. The van der Waals surface area contributed by atoms with E-state index in [0.717, 1.165) is 54.0 Å². The first-order valence-electron chi connectivity index (χ1n) is 17.7. The molecule has 0 radical (unpaired) electrons. The highest BCUT2D eigenvalue weighted by molar-refractivity contribution is 5.77. The van der Waals surface area contributed by atoms with E-state index in [1.165, 1.54) is 21.4 Å². The highest BCUT2D eigenvalue weighted by Crippen LogP contribution is 2.32. The fraction of sp³-hybridized carbons (Fsp3) is 0.333. The zero-order valence-electron chi connectivity index (χ0n) is 28.5. The number of phenolic OH excluding ortho intramolecular Hbond substituents is 1. The Hall–Kier alpha value is -5.24. The van der Waals surface area contributed by atoms with E-state index in [1.54, 1.807) is 34.9 Å². The number of hydrogen-bond acceptors (Lipinski definition) is 8. The van der Waals surface area contributed by atoms with Gasteiger partial charge in [0.25, 0.3) is 5.56 Å². The monoisotopic (exact) mass is 707 g/mol. The Morgan fingerprint density at radius 2 is 1.77 bits per heavy atom. The largest absolute Gasteiger partial charge is 0.508 e. The van der Waals surface area contributed by atoms with Crippen molar-refractivity contribution in [3.8, 4) is 22.6 Å². The van der Waals surface area contributed by atoms with Crippen LogP contribution in [0.15, 0.2) is 88.8 Å². The summed E-state index contributed by atoms with van der Waals surface area (Å²) in [7, 11) is 0. The Morgan fingerprint density at radius 1 is 0.923 bits per heavy atom. The molecule has 11 nitrogen and oxygen atoms in total. The minimum Gasteiger partial charge on any atom is -0.508 e. The van der Waals surface area contributed by atoms with E-state index in [1.807, 2.05) is 24.3 Å². The molecule has 4 aromatic heterocycles. The van der Waals surface area contributed by atoms with Gasteiger partial charge in [-0.3, -0.25) is 14.3 Å². The average Bonchev–Trinajstić information content (AvgIpc) is 3.77. The van der Waals surface area contributed by atoms with Gasteiger partial charge in [-0.1, -0.05) is 18.2 Å². The Balaban J connectivity index is 1.09. The fourth-order valence-corrected chi connectivity index (χ4v) is 7.96. The third-order valence-electron chi connectivity index (χ3n) is 10.6. The number of imidazole rings is 1. The molecule has 52 heavy (non-hydrogen) atoms. The maximum atomic E-state index is 14.6. The van der Waals surface area contributed by atoms with Crippen molar-refractivity contribution in [2.24, 2.45) is 0 Å². The molecular weight excluding hydrogens is 668 g/mol. The summed E-state index contributed by atoms with van der Waals surface area (Å²) in [6.45, 7) is 1.93. The minimum absolute atomic E-state index is 0.0166. The van der Waals surface area contributed by atoms with Crippen LogP contribution in [0.25, 0.3) is 33.5 Å². The van der Waals surface area contributed by atoms with Gasteiger partial charge in [0.05, 0.1) is 29.6 Å². The SMILES string of the molecule is O=c1c2cc(F)cnc2n(-c2cccc(-c3ccc(O)cc3CN3CCC[C@H]3CO)c2)c(=O)n1[C@H]1CC[C@@H](NCc2cn3cc(F)ccc3n2)CC1. The van der Waals surface area contributed by atoms with E-state index in [2.05, 4.69) is 20.2 Å². The van der Waals surface area contributed by atoms with Crippen molar-refractivity contribution >= 4 is 16.7 Å². The first-order valence-corrected chi connectivity index (χ1v) is 17.7. The van der Waals surface area contributed by atoms with Gasteiger partial charge in [0, 0.05) is 43.6 Å². The number of halogens is 2. The van der Waals surface area contributed by atoms with Crippen LogP contribution in [-0.4, -0.2) is 63.9 Å². The summed E-state index contributed by atoms with van der Waals surface area (Å²) in [4.78, 5) is 39.3. The predicted octanol–water partition coefficient (Wildman–Crippen LogP) is 5.08. The van der Waals surface area contributed by atoms with Crippen LogP contribution in [0.5, 0.6) is 5.75 Å². The zero-order chi connectivity index (χ0) is 35.9. The lowest BCUT2D eigenvalue weighted by molar-refractivity contribution is 0.153. The quantitative estimate of drug-likeness (QED) is 0.190. The highest BCUT2D eigenvalue weighted by atomic mass is 19.1. The molecule has 1 atom stereocenters. The van der Waals surface area contributed by atoms with Crippen LogP contribution < -0.4 is 16.6 Å². The Labute approximate surface area is 297 Å². The molecule has 2 fully saturated rings. The third kappa shape index (κ3) is 6.51. The summed E-state index contributed by atoms with van der Waals surface area (Å²) in [6, 6.07) is 16.5. The normalized spacial score (nSPS) is 19.6. The third-order valence-corrected chi connectivity index (χ3v) is 10.6. The van der Waals surface area contributed by atoms with E-state index in [0.29, 0.717) is 50.1 Å². The first kappa shape index (κ1) is 33.9. The second-order valence-electron chi connectivity index (χ2n) is 13.9. The Bertz CT molecular complexity index is 2400. The van der Waals surface area contributed by atoms with Crippen molar-refractivity contribution in [3.05, 3.63) is 123 Å². The predicted molar refractivity (Wildman–Crippen MR) is 192 cm³/mol. The van der Waals surface area contributed by atoms with Crippen LogP contribution in [0.3, 0.4) is 0 Å². The van der Waals surface area contributed by atoms with E-state index < -0.39 is 23.1 Å². The van der Waals surface area contributed by atoms with Crippen molar-refractivity contribution in [1.82, 2.24) is 33.7 Å². The number of hydrogen-bond donors (Lipinski definition) is 3. The molecule has 1 aliphatic carbocycles. The lowest BCUT2D eigenvalue weighted by Gasteiger charge is -2.30. The number of benzene rings is 2. The fourth-order valence-electron chi connectivity index (χ4n) is 7.96. The number of nitrogens with one attached hydrogen (secondary N) is 1. The standard InChI is InChI=1S/C39H39F2N7O4/c40-26-6-13-36-44-29(22-46(36)21-26)19-42-28-7-9-30(10-8-28)48-38(51)35-17-27(41)18-43-37(35)47(39(48)52)31-4-1-3-24(15-31)34-12-11-33(50)16-25(34)20-45-14-2-5-32(45)23-49/h1,3-4,6,11-13,15-18,21-22,28,30,32,42,49-50H,2,5,7-10,14,19-20,23H2/t28-,30+,32-/m0/s1. The molecule has 1 saturated heterocycles. The molecule has 1 aliphatic heterocycles. The summed E-state index contributed by atoms with van der Waals surface area (Å²) in [5.41, 5.74) is 3.38. The van der Waals surface area contributed by atoms with Crippen molar-refractivity contribution in [3.63, 3.8) is 0 Å². The maximum absolute atomic E-state index is 14.6. The molecule has 268 valence electrons. The highest BCUT2D eigenvalue weighted by Gasteiger charge is 2.28. The van der Waals surface area contributed by atoms with Crippen molar-refractivity contribution in [1.29, 1.82) is 0 Å². The minimum atomic E-state index is -0.672. The van der Waals surface area contributed by atoms with Crippen LogP contribution in [0.4, 0.5) is 8.78 Å². The maximum Gasteiger partial charge on any atom is 0.337 e. The topological polar surface area (TPSA) is 130 Å². The van der Waals surface area contributed by atoms with Crippen LogP contribution in [0, 0.1) is 11.6 Å². The van der Waals surface area contributed by atoms with E-state index >= 15 is 0 Å². The van der Waals surface area contributed by atoms with Gasteiger partial charge in [-0.05, 0) is 104 Å². The zero-order valence-corrected chi connectivity index (χ0v) is 28.5. The van der Waals surface area contributed by atoms with Crippen LogP contribution in [0.2, 0.25) is 0 Å². The lowest BCUT2D eigenvalue weighted by Crippen LogP contribution is -2.44. The number of rotatable bonds is 9. The molecule has 13 heteroatoms. The summed E-state index contributed by atoms with van der Waals surface area (Å²) in [6.07, 6.45) is 8.59. The molecule has 0 amide bonds.